The average molecular weight is 281 g/mol. The summed E-state index contributed by atoms with van der Waals surface area (Å²) < 4.78 is 0. The SMILES string of the molecule is Cc1cc(C)c2c(c1)NC(C13CC4CC(CC(C4)C1)C3)C2. The van der Waals surface area contributed by atoms with Crippen molar-refractivity contribution < 1.29 is 0 Å². The summed E-state index contributed by atoms with van der Waals surface area (Å²) in [5, 5.41) is 3.97. The third-order valence-electron chi connectivity index (χ3n) is 7.18. The lowest BCUT2D eigenvalue weighted by molar-refractivity contribution is -0.0620. The fourth-order valence-corrected chi connectivity index (χ4v) is 6.81. The van der Waals surface area contributed by atoms with Crippen LogP contribution in [0.5, 0.6) is 0 Å². The second kappa shape index (κ2) is 4.06. The Bertz CT molecular complexity index is 565. The molecule has 0 spiro atoms. The van der Waals surface area contributed by atoms with Crippen LogP contribution in [0, 0.1) is 37.0 Å². The first-order chi connectivity index (χ1) is 10.1. The van der Waals surface area contributed by atoms with Gasteiger partial charge in [0.15, 0.2) is 0 Å². The first-order valence-corrected chi connectivity index (χ1v) is 8.98. The van der Waals surface area contributed by atoms with Gasteiger partial charge in [-0.25, -0.2) is 0 Å². The Morgan fingerprint density at radius 1 is 0.952 bits per heavy atom. The minimum absolute atomic E-state index is 0.633. The van der Waals surface area contributed by atoms with Gasteiger partial charge in [0, 0.05) is 11.7 Å². The Morgan fingerprint density at radius 3 is 2.19 bits per heavy atom. The second-order valence-electron chi connectivity index (χ2n) is 8.79. The molecule has 0 radical (unpaired) electrons. The summed E-state index contributed by atoms with van der Waals surface area (Å²) in [6, 6.07) is 5.47. The number of fused-ring (bicyclic) bond motifs is 1. The normalized spacial score (nSPS) is 43.0. The highest BCUT2D eigenvalue weighted by Gasteiger charge is 2.55. The van der Waals surface area contributed by atoms with Crippen molar-refractivity contribution in [1.29, 1.82) is 0 Å². The zero-order valence-electron chi connectivity index (χ0n) is 13.4. The average Bonchev–Trinajstić information content (AvgIpc) is 2.82. The van der Waals surface area contributed by atoms with E-state index in [1.54, 1.807) is 24.8 Å². The van der Waals surface area contributed by atoms with Crippen molar-refractivity contribution in [2.45, 2.75) is 64.8 Å². The lowest BCUT2D eigenvalue weighted by atomic mass is 9.47. The van der Waals surface area contributed by atoms with Crippen molar-refractivity contribution in [1.82, 2.24) is 0 Å². The van der Waals surface area contributed by atoms with Crippen LogP contribution in [0.25, 0.3) is 0 Å². The molecule has 1 aromatic carbocycles. The number of anilines is 1. The van der Waals surface area contributed by atoms with Gasteiger partial charge >= 0.3 is 0 Å². The topological polar surface area (TPSA) is 12.0 Å². The quantitative estimate of drug-likeness (QED) is 0.775. The minimum atomic E-state index is 0.633. The summed E-state index contributed by atoms with van der Waals surface area (Å²) in [5.74, 6) is 3.18. The van der Waals surface area contributed by atoms with Gasteiger partial charge in [-0.1, -0.05) is 6.07 Å². The van der Waals surface area contributed by atoms with Gasteiger partial charge < -0.3 is 5.32 Å². The number of rotatable bonds is 1. The monoisotopic (exact) mass is 281 g/mol. The largest absolute Gasteiger partial charge is 0.381 e. The highest BCUT2D eigenvalue weighted by atomic mass is 15.0. The standard InChI is InChI=1S/C20H27N/c1-12-3-13(2)17-8-19(21-18(17)4-12)20-9-14-5-15(10-20)7-16(6-14)11-20/h3-4,14-16,19,21H,5-11H2,1-2H3. The molecule has 4 aliphatic carbocycles. The predicted molar refractivity (Wildman–Crippen MR) is 87.6 cm³/mol. The van der Waals surface area contributed by atoms with Crippen molar-refractivity contribution in [2.75, 3.05) is 5.32 Å². The summed E-state index contributed by atoms with van der Waals surface area (Å²) in [6.45, 7) is 4.53. The Morgan fingerprint density at radius 2 is 1.57 bits per heavy atom. The van der Waals surface area contributed by atoms with Crippen molar-refractivity contribution in [3.8, 4) is 0 Å². The molecule has 1 heteroatoms. The fraction of sp³-hybridized carbons (Fsp3) is 0.700. The maximum Gasteiger partial charge on any atom is 0.0381 e. The van der Waals surface area contributed by atoms with E-state index >= 15 is 0 Å². The van der Waals surface area contributed by atoms with E-state index in [0.717, 1.165) is 23.8 Å². The van der Waals surface area contributed by atoms with Crippen LogP contribution < -0.4 is 5.32 Å². The van der Waals surface area contributed by atoms with Crippen molar-refractivity contribution in [2.24, 2.45) is 23.2 Å². The summed E-state index contributed by atoms with van der Waals surface area (Å²) in [4.78, 5) is 0. The van der Waals surface area contributed by atoms with Crippen LogP contribution in [-0.2, 0) is 6.42 Å². The van der Waals surface area contributed by atoms with Crippen molar-refractivity contribution >= 4 is 5.69 Å². The lowest BCUT2D eigenvalue weighted by Crippen LogP contribution is -2.53. The van der Waals surface area contributed by atoms with Crippen LogP contribution >= 0.6 is 0 Å². The second-order valence-corrected chi connectivity index (χ2v) is 8.79. The molecule has 1 aliphatic heterocycles. The van der Waals surface area contributed by atoms with Gasteiger partial charge in [-0.2, -0.15) is 0 Å². The number of hydrogen-bond donors (Lipinski definition) is 1. The van der Waals surface area contributed by atoms with Gasteiger partial charge in [0.2, 0.25) is 0 Å². The molecule has 0 aromatic heterocycles. The maximum atomic E-state index is 3.97. The van der Waals surface area contributed by atoms with Crippen molar-refractivity contribution in [3.05, 3.63) is 28.8 Å². The zero-order valence-corrected chi connectivity index (χ0v) is 13.4. The van der Waals surface area contributed by atoms with E-state index in [2.05, 4.69) is 31.3 Å². The molecular formula is C20H27N. The lowest BCUT2D eigenvalue weighted by Gasteiger charge is -2.59. The first-order valence-electron chi connectivity index (χ1n) is 8.98. The third kappa shape index (κ3) is 1.76. The minimum Gasteiger partial charge on any atom is -0.381 e. The van der Waals surface area contributed by atoms with Crippen LogP contribution in [0.4, 0.5) is 5.69 Å². The molecule has 1 nitrogen and oxygen atoms in total. The maximum absolute atomic E-state index is 3.97. The molecule has 1 unspecified atom stereocenters. The smallest absolute Gasteiger partial charge is 0.0381 e. The molecule has 21 heavy (non-hydrogen) atoms. The molecule has 4 fully saturated rings. The summed E-state index contributed by atoms with van der Waals surface area (Å²) in [5.41, 5.74) is 6.61. The third-order valence-corrected chi connectivity index (χ3v) is 7.18. The fourth-order valence-electron chi connectivity index (χ4n) is 6.81. The van der Waals surface area contributed by atoms with Crippen LogP contribution in [-0.4, -0.2) is 6.04 Å². The van der Waals surface area contributed by atoms with E-state index in [4.69, 9.17) is 0 Å². The van der Waals surface area contributed by atoms with Crippen LogP contribution in [0.1, 0.15) is 55.2 Å². The van der Waals surface area contributed by atoms with Crippen LogP contribution in [0.15, 0.2) is 12.1 Å². The van der Waals surface area contributed by atoms with Crippen LogP contribution in [0.2, 0.25) is 0 Å². The van der Waals surface area contributed by atoms with Crippen LogP contribution in [0.3, 0.4) is 0 Å². The molecule has 1 atom stereocenters. The van der Waals surface area contributed by atoms with Gasteiger partial charge in [-0.3, -0.25) is 0 Å². The molecule has 0 saturated heterocycles. The van der Waals surface area contributed by atoms with E-state index in [-0.39, 0.29) is 0 Å². The summed E-state index contributed by atoms with van der Waals surface area (Å²) in [7, 11) is 0. The number of aryl methyl sites for hydroxylation is 2. The van der Waals surface area contributed by atoms with E-state index in [1.165, 1.54) is 42.5 Å². The molecule has 6 rings (SSSR count). The molecule has 1 aromatic rings. The van der Waals surface area contributed by atoms with E-state index < -0.39 is 0 Å². The summed E-state index contributed by atoms with van der Waals surface area (Å²) in [6.07, 6.45) is 10.5. The highest BCUT2D eigenvalue weighted by Crippen LogP contribution is 2.62. The first kappa shape index (κ1) is 12.6. The van der Waals surface area contributed by atoms with Gasteiger partial charge in [0.05, 0.1) is 0 Å². The Balaban J connectivity index is 1.49. The highest BCUT2D eigenvalue weighted by molar-refractivity contribution is 5.62. The summed E-state index contributed by atoms with van der Waals surface area (Å²) >= 11 is 0. The Labute approximate surface area is 128 Å². The number of benzene rings is 1. The molecular weight excluding hydrogens is 254 g/mol. The molecule has 5 aliphatic rings. The van der Waals surface area contributed by atoms with E-state index in [9.17, 15) is 0 Å². The number of hydrogen-bond acceptors (Lipinski definition) is 1. The molecule has 4 bridgehead atoms. The van der Waals surface area contributed by atoms with E-state index in [0.29, 0.717) is 5.41 Å². The molecule has 112 valence electrons. The van der Waals surface area contributed by atoms with Gasteiger partial charge in [-0.05, 0) is 105 Å². The molecule has 1 N–H and O–H groups in total. The molecule has 0 amide bonds. The molecule has 4 saturated carbocycles. The van der Waals surface area contributed by atoms with Crippen molar-refractivity contribution in [3.63, 3.8) is 0 Å². The van der Waals surface area contributed by atoms with Gasteiger partial charge in [0.25, 0.3) is 0 Å². The molecule has 1 heterocycles. The number of nitrogens with one attached hydrogen (secondary N) is 1. The van der Waals surface area contributed by atoms with Gasteiger partial charge in [0.1, 0.15) is 0 Å². The van der Waals surface area contributed by atoms with Gasteiger partial charge in [-0.15, -0.1) is 0 Å². The predicted octanol–water partition coefficient (Wildman–Crippen LogP) is 4.86. The Hall–Kier alpha value is -0.980. The Kier molecular flexibility index (Phi) is 2.42. The zero-order chi connectivity index (χ0) is 14.2. The van der Waals surface area contributed by atoms with E-state index in [1.807, 2.05) is 0 Å².